The fraction of sp³-hybridized carbons (Fsp3) is 0.571. The molecule has 0 spiro atoms. The maximum atomic E-state index is 12.2. The van der Waals surface area contributed by atoms with Gasteiger partial charge in [-0.05, 0) is 19.4 Å². The second-order valence-corrected chi connectivity index (χ2v) is 6.25. The number of morpholine rings is 1. The fourth-order valence-corrected chi connectivity index (χ4v) is 3.29. The highest BCUT2D eigenvalue weighted by atomic mass is 32.1. The summed E-state index contributed by atoms with van der Waals surface area (Å²) in [6.45, 7) is 5.58. The van der Waals surface area contributed by atoms with Crippen molar-refractivity contribution in [2.75, 3.05) is 38.2 Å². The third-order valence-corrected chi connectivity index (χ3v) is 4.78. The van der Waals surface area contributed by atoms with Crippen molar-refractivity contribution >= 4 is 22.2 Å². The molecule has 2 heterocycles. The van der Waals surface area contributed by atoms with Gasteiger partial charge in [0.1, 0.15) is 11.1 Å². The zero-order valence-electron chi connectivity index (χ0n) is 12.2. The van der Waals surface area contributed by atoms with E-state index in [1.165, 1.54) is 11.3 Å². The van der Waals surface area contributed by atoms with Gasteiger partial charge in [-0.25, -0.2) is 0 Å². The SMILES string of the molecule is Cc1sc(NC(=O)CN2CCOCC2CO)c(C#N)c1C. The van der Waals surface area contributed by atoms with Crippen molar-refractivity contribution in [1.82, 2.24) is 4.90 Å². The topological polar surface area (TPSA) is 85.6 Å². The largest absolute Gasteiger partial charge is 0.395 e. The molecule has 0 aromatic carbocycles. The first-order valence-corrected chi connectivity index (χ1v) is 7.61. The number of ether oxygens (including phenoxy) is 1. The third-order valence-electron chi connectivity index (χ3n) is 3.66. The molecular formula is C14H19N3O3S. The third kappa shape index (κ3) is 3.60. The minimum Gasteiger partial charge on any atom is -0.395 e. The molecule has 1 amide bonds. The zero-order valence-corrected chi connectivity index (χ0v) is 13.0. The highest BCUT2D eigenvalue weighted by Crippen LogP contribution is 2.31. The molecule has 1 aliphatic heterocycles. The molecule has 1 aromatic rings. The number of anilines is 1. The molecular weight excluding hydrogens is 290 g/mol. The van der Waals surface area contributed by atoms with Crippen LogP contribution in [-0.2, 0) is 9.53 Å². The van der Waals surface area contributed by atoms with Gasteiger partial charge in [-0.15, -0.1) is 11.3 Å². The molecule has 0 aliphatic carbocycles. The maximum Gasteiger partial charge on any atom is 0.239 e. The Balaban J connectivity index is 2.02. The van der Waals surface area contributed by atoms with Crippen LogP contribution < -0.4 is 5.32 Å². The molecule has 7 heteroatoms. The highest BCUT2D eigenvalue weighted by molar-refractivity contribution is 7.16. The number of thiophene rings is 1. The highest BCUT2D eigenvalue weighted by Gasteiger charge is 2.25. The Hall–Kier alpha value is -1.46. The number of carbonyl (C=O) groups excluding carboxylic acids is 1. The summed E-state index contributed by atoms with van der Waals surface area (Å²) in [4.78, 5) is 15.1. The van der Waals surface area contributed by atoms with Crippen molar-refractivity contribution in [3.8, 4) is 6.07 Å². The molecule has 2 rings (SSSR count). The molecule has 1 aliphatic rings. The van der Waals surface area contributed by atoms with Crippen LogP contribution in [0.1, 0.15) is 16.0 Å². The lowest BCUT2D eigenvalue weighted by Gasteiger charge is -2.33. The van der Waals surface area contributed by atoms with Gasteiger partial charge in [0.15, 0.2) is 0 Å². The van der Waals surface area contributed by atoms with Gasteiger partial charge in [-0.1, -0.05) is 0 Å². The van der Waals surface area contributed by atoms with Crippen LogP contribution in [0.4, 0.5) is 5.00 Å². The first kappa shape index (κ1) is 15.9. The fourth-order valence-electron chi connectivity index (χ4n) is 2.27. The Morgan fingerprint density at radius 2 is 2.38 bits per heavy atom. The Bertz CT molecular complexity index is 565. The Kier molecular flexibility index (Phi) is 5.31. The molecule has 1 aromatic heterocycles. The number of nitriles is 1. The van der Waals surface area contributed by atoms with Crippen molar-refractivity contribution in [3.63, 3.8) is 0 Å². The van der Waals surface area contributed by atoms with Crippen molar-refractivity contribution in [1.29, 1.82) is 5.26 Å². The Morgan fingerprint density at radius 1 is 1.62 bits per heavy atom. The Morgan fingerprint density at radius 3 is 3.05 bits per heavy atom. The van der Waals surface area contributed by atoms with Crippen LogP contribution in [0.15, 0.2) is 0 Å². The van der Waals surface area contributed by atoms with Crippen molar-refractivity contribution in [2.45, 2.75) is 19.9 Å². The summed E-state index contributed by atoms with van der Waals surface area (Å²) in [6, 6.07) is 1.99. The van der Waals surface area contributed by atoms with Crippen LogP contribution in [0.2, 0.25) is 0 Å². The van der Waals surface area contributed by atoms with E-state index in [1.807, 2.05) is 18.7 Å². The van der Waals surface area contributed by atoms with Crippen LogP contribution >= 0.6 is 11.3 Å². The van der Waals surface area contributed by atoms with E-state index in [4.69, 9.17) is 4.74 Å². The van der Waals surface area contributed by atoms with Gasteiger partial charge in [0.25, 0.3) is 0 Å². The summed E-state index contributed by atoms with van der Waals surface area (Å²) < 4.78 is 5.28. The minimum absolute atomic E-state index is 0.0338. The molecule has 21 heavy (non-hydrogen) atoms. The van der Waals surface area contributed by atoms with Gasteiger partial charge in [-0.2, -0.15) is 5.26 Å². The molecule has 1 atom stereocenters. The number of nitrogens with zero attached hydrogens (tertiary/aromatic N) is 2. The van der Waals surface area contributed by atoms with E-state index in [0.717, 1.165) is 10.4 Å². The van der Waals surface area contributed by atoms with Gasteiger partial charge in [0, 0.05) is 11.4 Å². The van der Waals surface area contributed by atoms with Crippen molar-refractivity contribution in [3.05, 3.63) is 16.0 Å². The average Bonchev–Trinajstić information content (AvgIpc) is 2.73. The van der Waals surface area contributed by atoms with Crippen LogP contribution in [0.3, 0.4) is 0 Å². The number of aliphatic hydroxyl groups is 1. The smallest absolute Gasteiger partial charge is 0.239 e. The van der Waals surface area contributed by atoms with Crippen molar-refractivity contribution in [2.24, 2.45) is 0 Å². The standard InChI is InChI=1S/C14H19N3O3S/c1-9-10(2)21-14(12(9)5-15)16-13(19)6-17-3-4-20-8-11(17)7-18/h11,18H,3-4,6-8H2,1-2H3,(H,16,19). The maximum absolute atomic E-state index is 12.2. The number of nitrogens with one attached hydrogen (secondary N) is 1. The summed E-state index contributed by atoms with van der Waals surface area (Å²) in [5.74, 6) is -0.173. The second-order valence-electron chi connectivity index (χ2n) is 5.03. The summed E-state index contributed by atoms with van der Waals surface area (Å²) in [6.07, 6.45) is 0. The molecule has 0 bridgehead atoms. The van der Waals surface area contributed by atoms with Gasteiger partial charge in [0.2, 0.25) is 5.91 Å². The number of carbonyl (C=O) groups is 1. The second kappa shape index (κ2) is 7.00. The van der Waals surface area contributed by atoms with Crippen LogP contribution in [0.5, 0.6) is 0 Å². The minimum atomic E-state index is -0.173. The summed E-state index contributed by atoms with van der Waals surface area (Å²) >= 11 is 1.42. The first-order chi connectivity index (χ1) is 10.1. The van der Waals surface area contributed by atoms with Gasteiger partial charge < -0.3 is 15.2 Å². The molecule has 1 saturated heterocycles. The number of hydrogen-bond acceptors (Lipinski definition) is 6. The number of aliphatic hydroxyl groups excluding tert-OH is 1. The number of amides is 1. The molecule has 1 unspecified atom stereocenters. The van der Waals surface area contributed by atoms with E-state index in [9.17, 15) is 15.2 Å². The molecule has 1 fully saturated rings. The van der Waals surface area contributed by atoms with Crippen LogP contribution in [0, 0.1) is 25.2 Å². The lowest BCUT2D eigenvalue weighted by Crippen LogP contribution is -2.50. The average molecular weight is 309 g/mol. The normalized spacial score (nSPS) is 19.2. The number of aryl methyl sites for hydroxylation is 1. The summed E-state index contributed by atoms with van der Waals surface area (Å²) in [5, 5.41) is 21.9. The zero-order chi connectivity index (χ0) is 15.4. The molecule has 6 nitrogen and oxygen atoms in total. The van der Waals surface area contributed by atoms with Gasteiger partial charge in [-0.3, -0.25) is 9.69 Å². The van der Waals surface area contributed by atoms with E-state index < -0.39 is 0 Å². The first-order valence-electron chi connectivity index (χ1n) is 6.79. The quantitative estimate of drug-likeness (QED) is 0.862. The summed E-state index contributed by atoms with van der Waals surface area (Å²) in [5.41, 5.74) is 1.45. The van der Waals surface area contributed by atoms with E-state index in [-0.39, 0.29) is 25.1 Å². The molecule has 0 radical (unpaired) electrons. The van der Waals surface area contributed by atoms with Crippen molar-refractivity contribution < 1.29 is 14.6 Å². The van der Waals surface area contributed by atoms with Crippen LogP contribution in [0.25, 0.3) is 0 Å². The molecule has 114 valence electrons. The number of hydrogen-bond donors (Lipinski definition) is 2. The predicted octanol–water partition coefficient (Wildman–Crippen LogP) is 0.868. The molecule has 2 N–H and O–H groups in total. The van der Waals surface area contributed by atoms with E-state index in [0.29, 0.717) is 30.3 Å². The van der Waals surface area contributed by atoms with E-state index in [2.05, 4.69) is 11.4 Å². The Labute approximate surface area is 127 Å². The lowest BCUT2D eigenvalue weighted by atomic mass is 10.2. The van der Waals surface area contributed by atoms with E-state index in [1.54, 1.807) is 0 Å². The molecule has 0 saturated carbocycles. The predicted molar refractivity (Wildman–Crippen MR) is 80.4 cm³/mol. The van der Waals surface area contributed by atoms with Gasteiger partial charge >= 0.3 is 0 Å². The number of rotatable bonds is 4. The monoisotopic (exact) mass is 309 g/mol. The lowest BCUT2D eigenvalue weighted by molar-refractivity contribution is -0.120. The van der Waals surface area contributed by atoms with Gasteiger partial charge in [0.05, 0.1) is 38.0 Å². The summed E-state index contributed by atoms with van der Waals surface area (Å²) in [7, 11) is 0. The van der Waals surface area contributed by atoms with Crippen LogP contribution in [-0.4, -0.2) is 54.9 Å². The van der Waals surface area contributed by atoms with E-state index >= 15 is 0 Å².